The molecule has 0 aliphatic heterocycles. The predicted octanol–water partition coefficient (Wildman–Crippen LogP) is 3.83. The first-order chi connectivity index (χ1) is 12.0. The number of nitrogens with one attached hydrogen (secondary N) is 1. The number of nitro benzene ring substituents is 1. The first kappa shape index (κ1) is 20.2. The molecule has 0 bridgehead atoms. The van der Waals surface area contributed by atoms with Gasteiger partial charge in [0.2, 0.25) is 10.0 Å². The third-order valence-electron chi connectivity index (χ3n) is 3.17. The molecule has 0 heterocycles. The van der Waals surface area contributed by atoms with Crippen LogP contribution in [0.15, 0.2) is 57.2 Å². The summed E-state index contributed by atoms with van der Waals surface area (Å²) in [5, 5.41) is 11.4. The predicted molar refractivity (Wildman–Crippen MR) is 100 cm³/mol. The lowest BCUT2D eigenvalue weighted by molar-refractivity contribution is -0.388. The number of nitrogens with zero attached hydrogens (tertiary/aromatic N) is 1. The number of sulfonamides is 1. The number of methoxy groups -OCH3 is 1. The molecule has 0 spiro atoms. The van der Waals surface area contributed by atoms with E-state index in [9.17, 15) is 18.5 Å². The van der Waals surface area contributed by atoms with Crippen molar-refractivity contribution >= 4 is 27.5 Å². The monoisotopic (exact) mass is 396 g/mol. The maximum Gasteiger partial charge on any atom is 0.284 e. The minimum Gasteiger partial charge on any atom is -0.497 e. The summed E-state index contributed by atoms with van der Waals surface area (Å²) < 4.78 is 32.4. The van der Waals surface area contributed by atoms with E-state index in [0.717, 1.165) is 11.0 Å². The third kappa shape index (κ3) is 5.20. The molecule has 0 saturated carbocycles. The van der Waals surface area contributed by atoms with Crippen molar-refractivity contribution in [3.63, 3.8) is 0 Å². The molecule has 0 saturated heterocycles. The van der Waals surface area contributed by atoms with Crippen molar-refractivity contribution in [2.75, 3.05) is 7.11 Å². The van der Waals surface area contributed by atoms with Crippen LogP contribution in [0.5, 0.6) is 5.75 Å². The third-order valence-corrected chi connectivity index (χ3v) is 5.99. The molecule has 0 amide bonds. The Hall–Kier alpha value is -2.10. The molecule has 0 aliphatic carbocycles. The molecule has 9 heteroatoms. The first-order valence-corrected chi connectivity index (χ1v) is 9.96. The van der Waals surface area contributed by atoms with E-state index < -0.39 is 20.5 Å². The molecule has 1 N–H and O–H groups in total. The molecule has 7 nitrogen and oxygen atoms in total. The zero-order valence-corrected chi connectivity index (χ0v) is 16.5. The largest absolute Gasteiger partial charge is 0.497 e. The minimum absolute atomic E-state index is 0.141. The lowest BCUT2D eigenvalue weighted by Gasteiger charge is -2.20. The summed E-state index contributed by atoms with van der Waals surface area (Å²) >= 11 is 1.18. The normalized spacial score (nSPS) is 12.0. The van der Waals surface area contributed by atoms with Crippen molar-refractivity contribution < 1.29 is 18.1 Å². The quantitative estimate of drug-likeness (QED) is 0.588. The van der Waals surface area contributed by atoms with Crippen molar-refractivity contribution in [3.8, 4) is 5.75 Å². The van der Waals surface area contributed by atoms with Crippen LogP contribution in [-0.4, -0.2) is 26.0 Å². The highest BCUT2D eigenvalue weighted by Gasteiger charge is 2.25. The van der Waals surface area contributed by atoms with Gasteiger partial charge in [-0.3, -0.25) is 10.1 Å². The van der Waals surface area contributed by atoms with Gasteiger partial charge in [-0.25, -0.2) is 13.1 Å². The molecule has 2 rings (SSSR count). The fourth-order valence-corrected chi connectivity index (χ4v) is 4.46. The van der Waals surface area contributed by atoms with Crippen molar-refractivity contribution in [1.82, 2.24) is 4.72 Å². The Morgan fingerprint density at radius 2 is 1.73 bits per heavy atom. The van der Waals surface area contributed by atoms with Gasteiger partial charge in [-0.1, -0.05) is 11.8 Å². The number of hydrogen-bond donors (Lipinski definition) is 1. The highest BCUT2D eigenvalue weighted by Crippen LogP contribution is 2.36. The average Bonchev–Trinajstić information content (AvgIpc) is 2.53. The summed E-state index contributed by atoms with van der Waals surface area (Å²) in [4.78, 5) is 11.8. The van der Waals surface area contributed by atoms with E-state index in [0.29, 0.717) is 10.6 Å². The number of rotatable bonds is 6. The van der Waals surface area contributed by atoms with Crippen molar-refractivity contribution in [3.05, 3.63) is 52.6 Å². The van der Waals surface area contributed by atoms with Crippen LogP contribution in [0.1, 0.15) is 20.8 Å². The Bertz CT molecular complexity index is 904. The van der Waals surface area contributed by atoms with Crippen LogP contribution < -0.4 is 9.46 Å². The number of benzene rings is 2. The van der Waals surface area contributed by atoms with Gasteiger partial charge in [0.25, 0.3) is 5.69 Å². The van der Waals surface area contributed by atoms with E-state index in [2.05, 4.69) is 4.72 Å². The van der Waals surface area contributed by atoms with E-state index in [1.165, 1.54) is 23.9 Å². The van der Waals surface area contributed by atoms with E-state index in [4.69, 9.17) is 4.74 Å². The highest BCUT2D eigenvalue weighted by molar-refractivity contribution is 7.99. The second-order valence-corrected chi connectivity index (χ2v) is 9.32. The summed E-state index contributed by atoms with van der Waals surface area (Å²) in [7, 11) is -2.30. The van der Waals surface area contributed by atoms with Crippen molar-refractivity contribution in [2.45, 2.75) is 41.0 Å². The lowest BCUT2D eigenvalue weighted by atomic mass is 10.1. The van der Waals surface area contributed by atoms with Crippen LogP contribution in [0.2, 0.25) is 0 Å². The summed E-state index contributed by atoms with van der Waals surface area (Å²) in [6.07, 6.45) is 0. The Morgan fingerprint density at radius 3 is 2.23 bits per heavy atom. The molecule has 2 aromatic rings. The van der Waals surface area contributed by atoms with Crippen molar-refractivity contribution in [2.24, 2.45) is 0 Å². The van der Waals surface area contributed by atoms with Gasteiger partial charge in [-0.2, -0.15) is 0 Å². The van der Waals surface area contributed by atoms with E-state index in [1.54, 1.807) is 52.1 Å². The molecule has 26 heavy (non-hydrogen) atoms. The Balaban J connectivity index is 2.38. The molecular formula is C17H20N2O5S2. The fraction of sp³-hybridized carbons (Fsp3) is 0.294. The van der Waals surface area contributed by atoms with Crippen LogP contribution in [0.25, 0.3) is 0 Å². The van der Waals surface area contributed by atoms with E-state index in [1.807, 2.05) is 0 Å². The Morgan fingerprint density at radius 1 is 1.12 bits per heavy atom. The number of ether oxygens (including phenoxy) is 1. The number of hydrogen-bond acceptors (Lipinski definition) is 6. The molecule has 0 atom stereocenters. The SMILES string of the molecule is COc1ccc(Sc2ccc(S(=O)(=O)NC(C)(C)C)cc2[N+](=O)[O-])cc1. The zero-order valence-electron chi connectivity index (χ0n) is 14.8. The lowest BCUT2D eigenvalue weighted by Crippen LogP contribution is -2.40. The van der Waals surface area contributed by atoms with Crippen LogP contribution in [-0.2, 0) is 10.0 Å². The molecule has 0 aromatic heterocycles. The summed E-state index contributed by atoms with van der Waals surface area (Å²) in [6.45, 7) is 5.10. The maximum absolute atomic E-state index is 12.4. The highest BCUT2D eigenvalue weighted by atomic mass is 32.2. The average molecular weight is 396 g/mol. The molecular weight excluding hydrogens is 376 g/mol. The van der Waals surface area contributed by atoms with Gasteiger partial charge in [0.15, 0.2) is 0 Å². The second kappa shape index (κ2) is 7.65. The second-order valence-electron chi connectivity index (χ2n) is 6.52. The summed E-state index contributed by atoms with van der Waals surface area (Å²) in [5.41, 5.74) is -0.952. The molecule has 0 aliphatic rings. The van der Waals surface area contributed by atoms with Gasteiger partial charge >= 0.3 is 0 Å². The fourth-order valence-electron chi connectivity index (χ4n) is 2.13. The van der Waals surface area contributed by atoms with Gasteiger partial charge in [0.1, 0.15) is 5.75 Å². The van der Waals surface area contributed by atoms with Gasteiger partial charge < -0.3 is 4.74 Å². The van der Waals surface area contributed by atoms with Crippen molar-refractivity contribution in [1.29, 1.82) is 0 Å². The smallest absolute Gasteiger partial charge is 0.284 e. The summed E-state index contributed by atoms with van der Waals surface area (Å²) in [5.74, 6) is 0.679. The zero-order chi connectivity index (χ0) is 19.5. The molecule has 0 radical (unpaired) electrons. The van der Waals surface area contributed by atoms with E-state index in [-0.39, 0.29) is 10.6 Å². The van der Waals surface area contributed by atoms with Gasteiger partial charge in [0, 0.05) is 16.5 Å². The van der Waals surface area contributed by atoms with Crippen LogP contribution in [0, 0.1) is 10.1 Å². The Kier molecular flexibility index (Phi) is 5.94. The van der Waals surface area contributed by atoms with Gasteiger partial charge in [-0.15, -0.1) is 0 Å². The molecule has 2 aromatic carbocycles. The van der Waals surface area contributed by atoms with Gasteiger partial charge in [0.05, 0.1) is 21.8 Å². The number of nitro groups is 1. The van der Waals surface area contributed by atoms with Crippen LogP contribution >= 0.6 is 11.8 Å². The first-order valence-electron chi connectivity index (χ1n) is 7.66. The molecule has 0 unspecified atom stereocenters. The van der Waals surface area contributed by atoms with Crippen LogP contribution in [0.4, 0.5) is 5.69 Å². The van der Waals surface area contributed by atoms with Crippen LogP contribution in [0.3, 0.4) is 0 Å². The maximum atomic E-state index is 12.4. The molecule has 0 fully saturated rings. The summed E-state index contributed by atoms with van der Waals surface area (Å²) in [6, 6.07) is 11.0. The minimum atomic E-state index is -3.85. The van der Waals surface area contributed by atoms with Gasteiger partial charge in [-0.05, 0) is 57.2 Å². The standard InChI is InChI=1S/C17H20N2O5S2/c1-17(2,3)18-26(22,23)14-9-10-16(15(11-14)19(20)21)25-13-7-5-12(24-4)6-8-13/h5-11,18H,1-4H3. The topological polar surface area (TPSA) is 98.5 Å². The van der Waals surface area contributed by atoms with E-state index >= 15 is 0 Å². The Labute approximate surface area is 157 Å². The molecule has 140 valence electrons.